The molecule has 0 saturated heterocycles. The van der Waals surface area contributed by atoms with E-state index >= 15 is 0 Å². The summed E-state index contributed by atoms with van der Waals surface area (Å²) in [6.45, 7) is 0. The number of benzene rings is 1. The third-order valence-corrected chi connectivity index (χ3v) is 2.24. The normalized spacial score (nSPS) is 12.8. The van der Waals surface area contributed by atoms with Crippen LogP contribution in [-0.4, -0.2) is 14.9 Å². The lowest BCUT2D eigenvalue weighted by Crippen LogP contribution is -2.00. The van der Waals surface area contributed by atoms with Gasteiger partial charge < -0.3 is 5.11 Å². The molecule has 16 heavy (non-hydrogen) atoms. The highest BCUT2D eigenvalue weighted by Crippen LogP contribution is 2.22. The molecule has 0 fully saturated rings. The first-order valence-electron chi connectivity index (χ1n) is 4.69. The lowest BCUT2D eigenvalue weighted by molar-refractivity contribution is 0.219. The summed E-state index contributed by atoms with van der Waals surface area (Å²) >= 11 is 0. The van der Waals surface area contributed by atoms with Gasteiger partial charge in [0, 0.05) is 24.9 Å². The minimum Gasteiger partial charge on any atom is -0.384 e. The van der Waals surface area contributed by atoms with Crippen molar-refractivity contribution in [3.05, 3.63) is 53.4 Å². The summed E-state index contributed by atoms with van der Waals surface area (Å²) in [5.74, 6) is -1.42. The Morgan fingerprint density at radius 1 is 1.19 bits per heavy atom. The van der Waals surface area contributed by atoms with Gasteiger partial charge in [0.2, 0.25) is 0 Å². The summed E-state index contributed by atoms with van der Waals surface area (Å²) in [6, 6.07) is 2.96. The quantitative estimate of drug-likeness (QED) is 0.844. The first-order valence-corrected chi connectivity index (χ1v) is 4.69. The number of aromatic nitrogens is 2. The highest BCUT2D eigenvalue weighted by atomic mass is 19.1. The molecule has 1 unspecified atom stereocenters. The monoisotopic (exact) mass is 224 g/mol. The summed E-state index contributed by atoms with van der Waals surface area (Å²) in [6.07, 6.45) is 1.97. The molecule has 0 radical (unpaired) electrons. The maximum atomic E-state index is 12.9. The van der Waals surface area contributed by atoms with Crippen LogP contribution in [-0.2, 0) is 7.05 Å². The van der Waals surface area contributed by atoms with E-state index in [-0.39, 0.29) is 5.56 Å². The molecule has 1 aromatic heterocycles. The molecule has 3 nitrogen and oxygen atoms in total. The summed E-state index contributed by atoms with van der Waals surface area (Å²) in [7, 11) is 1.70. The molecule has 0 aliphatic rings. The topological polar surface area (TPSA) is 38.0 Å². The van der Waals surface area contributed by atoms with Crippen LogP contribution < -0.4 is 0 Å². The Balaban J connectivity index is 2.37. The van der Waals surface area contributed by atoms with Gasteiger partial charge in [-0.15, -0.1) is 0 Å². The molecular formula is C11H10F2N2O. The van der Waals surface area contributed by atoms with Gasteiger partial charge in [0.05, 0.1) is 6.20 Å². The van der Waals surface area contributed by atoms with Crippen molar-refractivity contribution >= 4 is 0 Å². The summed E-state index contributed by atoms with van der Waals surface area (Å²) in [5, 5.41) is 13.7. The summed E-state index contributed by atoms with van der Waals surface area (Å²) in [5.41, 5.74) is 0.665. The molecule has 0 saturated carbocycles. The number of aliphatic hydroxyl groups excluding tert-OH is 1. The van der Waals surface area contributed by atoms with Crippen molar-refractivity contribution < 1.29 is 13.9 Å². The Hall–Kier alpha value is -1.75. The second kappa shape index (κ2) is 4.02. The molecule has 1 N–H and O–H groups in total. The highest BCUT2D eigenvalue weighted by Gasteiger charge is 2.14. The van der Waals surface area contributed by atoms with Gasteiger partial charge in [-0.1, -0.05) is 0 Å². The van der Waals surface area contributed by atoms with Crippen LogP contribution in [0.3, 0.4) is 0 Å². The number of hydrogen-bond donors (Lipinski definition) is 1. The van der Waals surface area contributed by atoms with Crippen molar-refractivity contribution in [3.63, 3.8) is 0 Å². The van der Waals surface area contributed by atoms with Gasteiger partial charge in [-0.2, -0.15) is 5.10 Å². The van der Waals surface area contributed by atoms with Crippen LogP contribution in [0.5, 0.6) is 0 Å². The zero-order chi connectivity index (χ0) is 11.7. The third-order valence-electron chi connectivity index (χ3n) is 2.24. The second-order valence-electron chi connectivity index (χ2n) is 3.55. The molecule has 0 amide bonds. The lowest BCUT2D eigenvalue weighted by atomic mass is 10.0. The smallest absolute Gasteiger partial charge is 0.126 e. The average molecular weight is 224 g/mol. The first kappa shape index (κ1) is 10.8. The van der Waals surface area contributed by atoms with Crippen molar-refractivity contribution in [2.24, 2.45) is 7.05 Å². The SMILES string of the molecule is Cn1cc(C(O)c2cc(F)cc(F)c2)cn1. The molecule has 0 aliphatic heterocycles. The van der Waals surface area contributed by atoms with Gasteiger partial charge in [-0.25, -0.2) is 8.78 Å². The van der Waals surface area contributed by atoms with Crippen LogP contribution in [0.15, 0.2) is 30.6 Å². The van der Waals surface area contributed by atoms with Gasteiger partial charge in [0.25, 0.3) is 0 Å². The number of nitrogens with zero attached hydrogens (tertiary/aromatic N) is 2. The Morgan fingerprint density at radius 2 is 1.81 bits per heavy atom. The number of rotatable bonds is 2. The predicted octanol–water partition coefficient (Wildman–Crippen LogP) is 1.78. The van der Waals surface area contributed by atoms with E-state index in [9.17, 15) is 13.9 Å². The van der Waals surface area contributed by atoms with Crippen LogP contribution in [0.2, 0.25) is 0 Å². The van der Waals surface area contributed by atoms with E-state index < -0.39 is 17.7 Å². The molecular weight excluding hydrogens is 214 g/mol. The highest BCUT2D eigenvalue weighted by molar-refractivity contribution is 5.27. The van der Waals surface area contributed by atoms with Gasteiger partial charge >= 0.3 is 0 Å². The van der Waals surface area contributed by atoms with Gasteiger partial charge in [0.15, 0.2) is 0 Å². The molecule has 0 aliphatic carbocycles. The number of aryl methyl sites for hydroxylation is 1. The molecule has 0 spiro atoms. The van der Waals surface area contributed by atoms with Crippen LogP contribution in [0.1, 0.15) is 17.2 Å². The zero-order valence-corrected chi connectivity index (χ0v) is 8.56. The van der Waals surface area contributed by atoms with Crippen LogP contribution >= 0.6 is 0 Å². The third kappa shape index (κ3) is 2.09. The van der Waals surface area contributed by atoms with Crippen LogP contribution in [0.4, 0.5) is 8.78 Å². The van der Waals surface area contributed by atoms with Gasteiger partial charge in [-0.3, -0.25) is 4.68 Å². The average Bonchev–Trinajstić information content (AvgIpc) is 2.62. The molecule has 2 aromatic rings. The number of halogens is 2. The van der Waals surface area contributed by atoms with Gasteiger partial charge in [-0.05, 0) is 17.7 Å². The molecule has 1 heterocycles. The van der Waals surface area contributed by atoms with E-state index in [2.05, 4.69) is 5.10 Å². The van der Waals surface area contributed by atoms with Crippen molar-refractivity contribution in [2.75, 3.05) is 0 Å². The van der Waals surface area contributed by atoms with E-state index in [1.165, 1.54) is 10.9 Å². The van der Waals surface area contributed by atoms with E-state index in [0.717, 1.165) is 18.2 Å². The molecule has 1 atom stereocenters. The van der Waals surface area contributed by atoms with Crippen LogP contribution in [0.25, 0.3) is 0 Å². The van der Waals surface area contributed by atoms with Crippen LogP contribution in [0, 0.1) is 11.6 Å². The summed E-state index contributed by atoms with van der Waals surface area (Å²) < 4.78 is 27.4. The zero-order valence-electron chi connectivity index (χ0n) is 8.56. The lowest BCUT2D eigenvalue weighted by Gasteiger charge is -2.08. The largest absolute Gasteiger partial charge is 0.384 e. The Kier molecular flexibility index (Phi) is 2.70. The second-order valence-corrected chi connectivity index (χ2v) is 3.55. The maximum absolute atomic E-state index is 12.9. The first-order chi connectivity index (χ1) is 7.56. The minimum absolute atomic E-state index is 0.172. The summed E-state index contributed by atoms with van der Waals surface area (Å²) in [4.78, 5) is 0. The number of hydrogen-bond acceptors (Lipinski definition) is 2. The van der Waals surface area contributed by atoms with Gasteiger partial charge in [0.1, 0.15) is 17.7 Å². The molecule has 84 valence electrons. The standard InChI is InChI=1S/C11H10F2N2O/c1-15-6-8(5-14-15)11(16)7-2-9(12)4-10(13)3-7/h2-6,11,16H,1H3. The van der Waals surface area contributed by atoms with Crippen molar-refractivity contribution in [1.29, 1.82) is 0 Å². The fourth-order valence-electron chi connectivity index (χ4n) is 1.51. The maximum Gasteiger partial charge on any atom is 0.126 e. The Labute approximate surface area is 91.0 Å². The van der Waals surface area contributed by atoms with E-state index in [0.29, 0.717) is 5.56 Å². The molecule has 5 heteroatoms. The van der Waals surface area contributed by atoms with E-state index in [1.807, 2.05) is 0 Å². The minimum atomic E-state index is -1.07. The van der Waals surface area contributed by atoms with Crippen molar-refractivity contribution in [3.8, 4) is 0 Å². The van der Waals surface area contributed by atoms with E-state index in [1.54, 1.807) is 13.2 Å². The fourth-order valence-corrected chi connectivity index (χ4v) is 1.51. The molecule has 2 rings (SSSR count). The molecule has 1 aromatic carbocycles. The van der Waals surface area contributed by atoms with E-state index in [4.69, 9.17) is 0 Å². The predicted molar refractivity (Wildman–Crippen MR) is 53.6 cm³/mol. The Bertz CT molecular complexity index is 490. The fraction of sp³-hybridized carbons (Fsp3) is 0.182. The molecule has 0 bridgehead atoms. The number of aliphatic hydroxyl groups is 1. The Morgan fingerprint density at radius 3 is 2.31 bits per heavy atom. The van der Waals surface area contributed by atoms with Crippen molar-refractivity contribution in [1.82, 2.24) is 9.78 Å². The van der Waals surface area contributed by atoms with Crippen molar-refractivity contribution in [2.45, 2.75) is 6.10 Å².